The highest BCUT2D eigenvalue weighted by atomic mass is 32.2. The second-order valence-corrected chi connectivity index (χ2v) is 9.63. The van der Waals surface area contributed by atoms with E-state index in [2.05, 4.69) is 0 Å². The molecule has 1 atom stereocenters. The average Bonchev–Trinajstić information content (AvgIpc) is 2.90. The Hall–Kier alpha value is -4.91. The zero-order valence-electron chi connectivity index (χ0n) is 19.9. The van der Waals surface area contributed by atoms with Gasteiger partial charge >= 0.3 is 17.4 Å². The molecule has 0 bridgehead atoms. The zero-order chi connectivity index (χ0) is 29.3. The number of nitriles is 1. The molecule has 0 fully saturated rings. The molecule has 2 aromatic carbocycles. The molecule has 2 aromatic rings. The molecule has 0 saturated heterocycles. The monoisotopic (exact) mass is 566 g/mol. The molecule has 0 saturated carbocycles. The number of carbonyl (C=O) groups excluding carboxylic acids is 2. The summed E-state index contributed by atoms with van der Waals surface area (Å²) >= 11 is 0. The molecule has 16 heteroatoms. The Kier molecular flexibility index (Phi) is 7.68. The molecule has 1 unspecified atom stereocenters. The molecule has 3 rings (SSSR count). The van der Waals surface area contributed by atoms with E-state index in [0.29, 0.717) is 22.6 Å². The normalized spacial score (nSPS) is 16.0. The van der Waals surface area contributed by atoms with Crippen LogP contribution in [0.4, 0.5) is 24.5 Å². The fourth-order valence-electron chi connectivity index (χ4n) is 3.90. The number of allylic oxidation sites excluding steroid dienone is 1. The highest BCUT2D eigenvalue weighted by molar-refractivity contribution is 7.92. The minimum Gasteiger partial charge on any atom is -0.466 e. The first-order valence-corrected chi connectivity index (χ1v) is 12.0. The number of esters is 2. The van der Waals surface area contributed by atoms with Crippen LogP contribution in [-0.2, 0) is 28.9 Å². The van der Waals surface area contributed by atoms with Gasteiger partial charge in [0.25, 0.3) is 15.5 Å². The van der Waals surface area contributed by atoms with Crippen molar-refractivity contribution in [3.63, 3.8) is 0 Å². The number of ether oxygens (including phenoxy) is 2. The number of alkyl halides is 3. The summed E-state index contributed by atoms with van der Waals surface area (Å²) in [4.78, 5) is 35.8. The van der Waals surface area contributed by atoms with Crippen LogP contribution in [0.15, 0.2) is 76.1 Å². The predicted molar refractivity (Wildman–Crippen MR) is 126 cm³/mol. The summed E-state index contributed by atoms with van der Waals surface area (Å²) in [7, 11) is -4.14. The lowest BCUT2D eigenvalue weighted by molar-refractivity contribution is -0.384. The van der Waals surface area contributed by atoms with Gasteiger partial charge in [-0.15, -0.1) is 0 Å². The minimum atomic E-state index is -6.01. The second kappa shape index (κ2) is 10.5. The quantitative estimate of drug-likeness (QED) is 0.308. The highest BCUT2D eigenvalue weighted by Crippen LogP contribution is 2.46. The van der Waals surface area contributed by atoms with Crippen molar-refractivity contribution in [2.75, 3.05) is 19.1 Å². The number of sulfone groups is 1. The maximum absolute atomic E-state index is 13.1. The molecular weight excluding hydrogens is 549 g/mol. The molecule has 39 heavy (non-hydrogen) atoms. The summed E-state index contributed by atoms with van der Waals surface area (Å²) in [6, 6.07) is 10.7. The molecule has 0 spiro atoms. The van der Waals surface area contributed by atoms with Gasteiger partial charge in [-0.3, -0.25) is 15.0 Å². The van der Waals surface area contributed by atoms with Crippen LogP contribution in [0.1, 0.15) is 11.5 Å². The molecule has 1 aliphatic rings. The lowest BCUT2D eigenvalue weighted by Gasteiger charge is -2.35. The van der Waals surface area contributed by atoms with Crippen molar-refractivity contribution in [2.24, 2.45) is 5.73 Å². The van der Waals surface area contributed by atoms with E-state index in [-0.39, 0.29) is 11.6 Å². The van der Waals surface area contributed by atoms with Gasteiger partial charge in [0.1, 0.15) is 17.2 Å². The van der Waals surface area contributed by atoms with Crippen LogP contribution in [-0.4, -0.2) is 45.0 Å². The number of hydrogen-bond acceptors (Lipinski definition) is 11. The Balaban J connectivity index is 2.48. The number of hydrogen-bond donors (Lipinski definition) is 1. The molecule has 204 valence electrons. The average molecular weight is 566 g/mol. The molecule has 0 radical (unpaired) electrons. The predicted octanol–water partition coefficient (Wildman–Crippen LogP) is 2.79. The van der Waals surface area contributed by atoms with Crippen molar-refractivity contribution in [1.29, 1.82) is 5.26 Å². The molecule has 2 N–H and O–H groups in total. The van der Waals surface area contributed by atoms with E-state index in [9.17, 15) is 46.6 Å². The maximum atomic E-state index is 13.1. The first-order valence-electron chi connectivity index (χ1n) is 10.5. The van der Waals surface area contributed by atoms with Crippen LogP contribution < -0.4 is 10.6 Å². The number of methoxy groups -OCH3 is 2. The fourth-order valence-corrected chi connectivity index (χ4v) is 4.68. The van der Waals surface area contributed by atoms with E-state index in [1.54, 1.807) is 24.3 Å². The number of nitrogens with two attached hydrogens (primary N) is 1. The number of nitro benzene ring substituents is 1. The van der Waals surface area contributed by atoms with Gasteiger partial charge in [0.05, 0.1) is 47.2 Å². The summed E-state index contributed by atoms with van der Waals surface area (Å²) in [5.74, 6) is -4.38. The van der Waals surface area contributed by atoms with Crippen molar-refractivity contribution < 1.29 is 45.6 Å². The molecular formula is C23H17F3N4O8S. The Labute approximate surface area is 218 Å². The first-order chi connectivity index (χ1) is 18.2. The van der Waals surface area contributed by atoms with Gasteiger partial charge in [0, 0.05) is 6.07 Å². The van der Waals surface area contributed by atoms with E-state index in [1.807, 2.05) is 0 Å². The van der Waals surface area contributed by atoms with E-state index in [0.717, 1.165) is 14.2 Å². The van der Waals surface area contributed by atoms with Gasteiger partial charge in [0.15, 0.2) is 0 Å². The van der Waals surface area contributed by atoms with Crippen molar-refractivity contribution in [1.82, 2.24) is 0 Å². The van der Waals surface area contributed by atoms with E-state index in [1.165, 1.54) is 12.1 Å². The van der Waals surface area contributed by atoms with Crippen molar-refractivity contribution in [2.45, 2.75) is 16.3 Å². The van der Waals surface area contributed by atoms with Crippen molar-refractivity contribution in [3.05, 3.63) is 86.9 Å². The van der Waals surface area contributed by atoms with Crippen LogP contribution in [0.3, 0.4) is 0 Å². The molecule has 0 aromatic heterocycles. The molecule has 1 heterocycles. The van der Waals surface area contributed by atoms with Crippen molar-refractivity contribution >= 4 is 33.2 Å². The topological polar surface area (TPSA) is 183 Å². The molecule has 1 aliphatic heterocycles. The van der Waals surface area contributed by atoms with Crippen LogP contribution in [0.2, 0.25) is 0 Å². The van der Waals surface area contributed by atoms with Gasteiger partial charge in [-0.1, -0.05) is 30.3 Å². The minimum absolute atomic E-state index is 0.119. The Morgan fingerprint density at radius 3 is 2.18 bits per heavy atom. The van der Waals surface area contributed by atoms with Gasteiger partial charge < -0.3 is 15.2 Å². The summed E-state index contributed by atoms with van der Waals surface area (Å²) in [5.41, 5.74) is -2.91. The highest BCUT2D eigenvalue weighted by Gasteiger charge is 2.49. The summed E-state index contributed by atoms with van der Waals surface area (Å²) in [6.45, 7) is 0. The van der Waals surface area contributed by atoms with E-state index >= 15 is 0 Å². The van der Waals surface area contributed by atoms with Crippen LogP contribution in [0, 0.1) is 21.4 Å². The Morgan fingerprint density at radius 1 is 1.10 bits per heavy atom. The first kappa shape index (κ1) is 28.7. The smallest absolute Gasteiger partial charge is 0.466 e. The fraction of sp³-hybridized carbons (Fsp3) is 0.174. The largest absolute Gasteiger partial charge is 0.501 e. The van der Waals surface area contributed by atoms with Gasteiger partial charge in [-0.25, -0.2) is 18.0 Å². The van der Waals surface area contributed by atoms with Crippen molar-refractivity contribution in [3.8, 4) is 6.07 Å². The summed E-state index contributed by atoms with van der Waals surface area (Å²) in [6.07, 6.45) is 0. The Bertz CT molecular complexity index is 1580. The third-order valence-corrected chi connectivity index (χ3v) is 7.09. The lowest BCUT2D eigenvalue weighted by Crippen LogP contribution is -2.41. The van der Waals surface area contributed by atoms with Gasteiger partial charge in [-0.2, -0.15) is 18.4 Å². The lowest BCUT2D eigenvalue weighted by atomic mass is 9.81. The number of carbonyl (C=O) groups is 2. The van der Waals surface area contributed by atoms with Crippen LogP contribution in [0.25, 0.3) is 0 Å². The SMILES string of the molecule is COC(=O)C1=C(C(=O)OC)N(c2ccc(S(=O)(=O)C(F)(F)F)cc2[N+](=O)[O-])C(N)=C(C#N)C1c1ccccc1. The van der Waals surface area contributed by atoms with Gasteiger partial charge in [-0.05, 0) is 17.7 Å². The number of benzene rings is 2. The van der Waals surface area contributed by atoms with Gasteiger partial charge in [0.2, 0.25) is 0 Å². The Morgan fingerprint density at radius 2 is 1.69 bits per heavy atom. The number of nitro groups is 1. The van der Waals surface area contributed by atoms with Crippen LogP contribution >= 0.6 is 0 Å². The van der Waals surface area contributed by atoms with E-state index < -0.39 is 71.5 Å². The third kappa shape index (κ3) is 4.86. The number of halogens is 3. The molecule has 0 amide bonds. The zero-order valence-corrected chi connectivity index (χ0v) is 20.7. The summed E-state index contributed by atoms with van der Waals surface area (Å²) in [5, 5.41) is 21.9. The molecule has 12 nitrogen and oxygen atoms in total. The third-order valence-electron chi connectivity index (χ3n) is 5.61. The summed E-state index contributed by atoms with van der Waals surface area (Å²) < 4.78 is 72.7. The number of anilines is 1. The number of rotatable bonds is 6. The second-order valence-electron chi connectivity index (χ2n) is 7.69. The molecule has 0 aliphatic carbocycles. The van der Waals surface area contributed by atoms with E-state index in [4.69, 9.17) is 15.2 Å². The van der Waals surface area contributed by atoms with Crippen LogP contribution in [0.5, 0.6) is 0 Å². The maximum Gasteiger partial charge on any atom is 0.501 e. The standard InChI is InChI=1S/C23H17F3N4O8S/c1-37-21(31)18-17(12-6-4-3-5-7-12)14(11-27)20(28)29(19(18)22(32)38-2)15-9-8-13(10-16(15)30(33)34)39(35,36)23(24,25)26/h3-10,17H,28H2,1-2H3. The number of nitrogens with zero attached hydrogens (tertiary/aromatic N) is 3.